The Morgan fingerprint density at radius 2 is 2.24 bits per heavy atom. The normalized spacial score (nSPS) is 10.8. The van der Waals surface area contributed by atoms with E-state index >= 15 is 0 Å². The van der Waals surface area contributed by atoms with Crippen LogP contribution in [-0.2, 0) is 13.1 Å². The maximum Gasteiger partial charge on any atom is 0.128 e. The third-order valence-electron chi connectivity index (χ3n) is 2.49. The third kappa shape index (κ3) is 2.92. The van der Waals surface area contributed by atoms with E-state index in [-0.39, 0.29) is 5.82 Å². The van der Waals surface area contributed by atoms with Gasteiger partial charge in [-0.1, -0.05) is 15.9 Å². The van der Waals surface area contributed by atoms with E-state index in [0.29, 0.717) is 12.1 Å². The molecule has 0 amide bonds. The highest BCUT2D eigenvalue weighted by molar-refractivity contribution is 9.10. The van der Waals surface area contributed by atoms with Gasteiger partial charge >= 0.3 is 0 Å². The lowest BCUT2D eigenvalue weighted by Gasteiger charge is -2.08. The fourth-order valence-corrected chi connectivity index (χ4v) is 2.07. The maximum atomic E-state index is 13.6. The lowest BCUT2D eigenvalue weighted by Crippen LogP contribution is -2.13. The molecule has 0 aliphatic heterocycles. The van der Waals surface area contributed by atoms with Gasteiger partial charge in [-0.05, 0) is 31.3 Å². The summed E-state index contributed by atoms with van der Waals surface area (Å²) in [6.07, 6.45) is 1.72. The van der Waals surface area contributed by atoms with Crippen molar-refractivity contribution in [2.75, 3.05) is 7.05 Å². The number of benzene rings is 1. The van der Waals surface area contributed by atoms with Crippen LogP contribution in [0.2, 0.25) is 0 Å². The van der Waals surface area contributed by atoms with Crippen molar-refractivity contribution < 1.29 is 4.39 Å². The zero-order valence-corrected chi connectivity index (χ0v) is 11.0. The van der Waals surface area contributed by atoms with E-state index in [0.717, 1.165) is 16.7 Å². The molecule has 0 spiro atoms. The van der Waals surface area contributed by atoms with E-state index in [2.05, 4.69) is 26.3 Å². The van der Waals surface area contributed by atoms with E-state index in [1.54, 1.807) is 23.0 Å². The van der Waals surface area contributed by atoms with Crippen molar-refractivity contribution >= 4 is 15.9 Å². The Bertz CT molecular complexity index is 510. The Hall–Kier alpha value is -1.20. The standard InChI is InChI=1S/C12H13BrFN3/c1-15-7-11-4-5-16-17(11)8-9-6-10(13)2-3-12(9)14/h2-6,15H,7-8H2,1H3. The van der Waals surface area contributed by atoms with Gasteiger partial charge in [-0.3, -0.25) is 4.68 Å². The summed E-state index contributed by atoms with van der Waals surface area (Å²) in [6, 6.07) is 6.85. The highest BCUT2D eigenvalue weighted by Crippen LogP contribution is 2.17. The molecule has 0 fully saturated rings. The minimum atomic E-state index is -0.209. The average Bonchev–Trinajstić information content (AvgIpc) is 2.72. The summed E-state index contributed by atoms with van der Waals surface area (Å²) in [7, 11) is 1.87. The summed E-state index contributed by atoms with van der Waals surface area (Å²) in [5, 5.41) is 7.25. The zero-order chi connectivity index (χ0) is 12.3. The highest BCUT2D eigenvalue weighted by atomic mass is 79.9. The van der Waals surface area contributed by atoms with Crippen LogP contribution in [0.1, 0.15) is 11.3 Å². The Kier molecular flexibility index (Phi) is 3.91. The number of halogens is 2. The monoisotopic (exact) mass is 297 g/mol. The lowest BCUT2D eigenvalue weighted by molar-refractivity contribution is 0.569. The van der Waals surface area contributed by atoms with Crippen molar-refractivity contribution in [3.05, 3.63) is 52.0 Å². The molecule has 0 radical (unpaired) electrons. The number of hydrogen-bond acceptors (Lipinski definition) is 2. The first kappa shape index (κ1) is 12.3. The first-order chi connectivity index (χ1) is 8.20. The van der Waals surface area contributed by atoms with E-state index in [9.17, 15) is 4.39 Å². The second-order valence-electron chi connectivity index (χ2n) is 3.75. The van der Waals surface area contributed by atoms with Crippen molar-refractivity contribution in [1.82, 2.24) is 15.1 Å². The van der Waals surface area contributed by atoms with Crippen LogP contribution >= 0.6 is 15.9 Å². The molecule has 0 saturated heterocycles. The summed E-state index contributed by atoms with van der Waals surface area (Å²) < 4.78 is 16.3. The van der Waals surface area contributed by atoms with Gasteiger partial charge in [0.15, 0.2) is 0 Å². The predicted molar refractivity (Wildman–Crippen MR) is 68.2 cm³/mol. The molecular weight excluding hydrogens is 285 g/mol. The highest BCUT2D eigenvalue weighted by Gasteiger charge is 2.07. The second kappa shape index (κ2) is 5.42. The Morgan fingerprint density at radius 1 is 1.41 bits per heavy atom. The molecule has 1 heterocycles. The predicted octanol–water partition coefficient (Wildman–Crippen LogP) is 2.55. The lowest BCUT2D eigenvalue weighted by atomic mass is 10.2. The molecule has 90 valence electrons. The van der Waals surface area contributed by atoms with Gasteiger partial charge in [0.05, 0.1) is 12.2 Å². The van der Waals surface area contributed by atoms with Crippen molar-refractivity contribution in [3.63, 3.8) is 0 Å². The Labute approximate surface area is 108 Å². The molecule has 0 unspecified atom stereocenters. The largest absolute Gasteiger partial charge is 0.314 e. The molecule has 0 saturated carbocycles. The molecular formula is C12H13BrFN3. The van der Waals surface area contributed by atoms with Gasteiger partial charge in [0, 0.05) is 22.8 Å². The van der Waals surface area contributed by atoms with Crippen molar-refractivity contribution in [2.45, 2.75) is 13.1 Å². The van der Waals surface area contributed by atoms with Gasteiger partial charge in [0.25, 0.3) is 0 Å². The maximum absolute atomic E-state index is 13.6. The van der Waals surface area contributed by atoms with Gasteiger partial charge in [0.2, 0.25) is 0 Å². The summed E-state index contributed by atoms with van der Waals surface area (Å²) in [5.74, 6) is -0.209. The Morgan fingerprint density at radius 3 is 3.00 bits per heavy atom. The van der Waals surface area contributed by atoms with Crippen LogP contribution < -0.4 is 5.32 Å². The molecule has 1 N–H and O–H groups in total. The van der Waals surface area contributed by atoms with E-state index in [1.807, 2.05) is 13.1 Å². The molecule has 5 heteroatoms. The smallest absolute Gasteiger partial charge is 0.128 e. The molecule has 0 aliphatic rings. The molecule has 2 rings (SSSR count). The first-order valence-electron chi connectivity index (χ1n) is 5.30. The average molecular weight is 298 g/mol. The van der Waals surface area contributed by atoms with Crippen LogP contribution in [0.4, 0.5) is 4.39 Å². The molecule has 3 nitrogen and oxygen atoms in total. The van der Waals surface area contributed by atoms with Crippen LogP contribution in [0, 0.1) is 5.82 Å². The van der Waals surface area contributed by atoms with Crippen LogP contribution in [0.5, 0.6) is 0 Å². The topological polar surface area (TPSA) is 29.9 Å². The number of aromatic nitrogens is 2. The summed E-state index contributed by atoms with van der Waals surface area (Å²) in [4.78, 5) is 0. The SMILES string of the molecule is CNCc1ccnn1Cc1cc(Br)ccc1F. The van der Waals surface area contributed by atoms with Crippen LogP contribution in [-0.4, -0.2) is 16.8 Å². The summed E-state index contributed by atoms with van der Waals surface area (Å²) in [5.41, 5.74) is 1.66. The first-order valence-corrected chi connectivity index (χ1v) is 6.09. The molecule has 2 aromatic rings. The van der Waals surface area contributed by atoms with Gasteiger partial charge in [-0.15, -0.1) is 0 Å². The molecule has 1 aromatic carbocycles. The fourth-order valence-electron chi connectivity index (χ4n) is 1.66. The van der Waals surface area contributed by atoms with E-state index < -0.39 is 0 Å². The van der Waals surface area contributed by atoms with Gasteiger partial charge in [0.1, 0.15) is 5.82 Å². The summed E-state index contributed by atoms with van der Waals surface area (Å²) >= 11 is 3.34. The van der Waals surface area contributed by atoms with Gasteiger partial charge in [-0.25, -0.2) is 4.39 Å². The molecule has 17 heavy (non-hydrogen) atoms. The van der Waals surface area contributed by atoms with E-state index in [4.69, 9.17) is 0 Å². The molecule has 0 atom stereocenters. The molecule has 0 aliphatic carbocycles. The van der Waals surface area contributed by atoms with E-state index in [1.165, 1.54) is 6.07 Å². The van der Waals surface area contributed by atoms with Crippen molar-refractivity contribution in [2.24, 2.45) is 0 Å². The minimum Gasteiger partial charge on any atom is -0.314 e. The van der Waals surface area contributed by atoms with Crippen molar-refractivity contribution in [3.8, 4) is 0 Å². The number of nitrogens with one attached hydrogen (secondary N) is 1. The quantitative estimate of drug-likeness (QED) is 0.940. The Balaban J connectivity index is 2.25. The van der Waals surface area contributed by atoms with Gasteiger partial charge < -0.3 is 5.32 Å². The van der Waals surface area contributed by atoms with Crippen molar-refractivity contribution in [1.29, 1.82) is 0 Å². The summed E-state index contributed by atoms with van der Waals surface area (Å²) in [6.45, 7) is 1.16. The number of rotatable bonds is 4. The second-order valence-corrected chi connectivity index (χ2v) is 4.66. The zero-order valence-electron chi connectivity index (χ0n) is 9.45. The third-order valence-corrected chi connectivity index (χ3v) is 2.98. The number of nitrogens with zero attached hydrogens (tertiary/aromatic N) is 2. The van der Waals surface area contributed by atoms with Gasteiger partial charge in [-0.2, -0.15) is 5.10 Å². The van der Waals surface area contributed by atoms with Crippen LogP contribution in [0.25, 0.3) is 0 Å². The molecule has 0 bridgehead atoms. The minimum absolute atomic E-state index is 0.209. The van der Waals surface area contributed by atoms with Crippen LogP contribution in [0.3, 0.4) is 0 Å². The molecule has 1 aromatic heterocycles. The number of hydrogen-bond donors (Lipinski definition) is 1. The van der Waals surface area contributed by atoms with Crippen LogP contribution in [0.15, 0.2) is 34.9 Å². The fraction of sp³-hybridized carbons (Fsp3) is 0.250.